The zero-order chi connectivity index (χ0) is 22.3. The Labute approximate surface area is 183 Å². The Morgan fingerprint density at radius 2 is 2.06 bits per heavy atom. The highest BCUT2D eigenvalue weighted by Crippen LogP contribution is 2.35. The van der Waals surface area contributed by atoms with Crippen LogP contribution in [-0.2, 0) is 12.3 Å². The maximum atomic E-state index is 14.9. The number of pyridine rings is 1. The number of likely N-dealkylation sites (N-methyl/N-ethyl adjacent to an activating group) is 1. The lowest BCUT2D eigenvalue weighted by Crippen LogP contribution is -2.56. The molecule has 166 valence electrons. The lowest BCUT2D eigenvalue weighted by molar-refractivity contribution is -0.0334. The van der Waals surface area contributed by atoms with Crippen LogP contribution in [0.5, 0.6) is 11.6 Å². The zero-order valence-corrected chi connectivity index (χ0v) is 17.9. The summed E-state index contributed by atoms with van der Waals surface area (Å²) in [7, 11) is 1.52. The quantitative estimate of drug-likeness (QED) is 0.430. The normalized spacial score (nSPS) is 15.6. The number of methoxy groups -OCH3 is 1. The van der Waals surface area contributed by atoms with E-state index in [0.29, 0.717) is 53.0 Å². The van der Waals surface area contributed by atoms with E-state index in [1.165, 1.54) is 11.6 Å². The highest BCUT2D eigenvalue weighted by Gasteiger charge is 2.44. The average molecular weight is 439 g/mol. The third-order valence-corrected chi connectivity index (χ3v) is 5.50. The maximum absolute atomic E-state index is 14.9. The Bertz CT molecular complexity index is 1250. The van der Waals surface area contributed by atoms with Crippen molar-refractivity contribution in [2.45, 2.75) is 26.1 Å². The third kappa shape index (κ3) is 3.54. The van der Waals surface area contributed by atoms with E-state index in [4.69, 9.17) is 14.0 Å². The van der Waals surface area contributed by atoms with E-state index in [2.05, 4.69) is 25.4 Å². The number of ether oxygens (including phenoxy) is 2. The molecule has 0 atom stereocenters. The van der Waals surface area contributed by atoms with Crippen molar-refractivity contribution < 1.29 is 18.4 Å². The van der Waals surface area contributed by atoms with Crippen molar-refractivity contribution in [2.75, 3.05) is 26.7 Å². The van der Waals surface area contributed by atoms with Crippen LogP contribution in [0.2, 0.25) is 0 Å². The van der Waals surface area contributed by atoms with Crippen molar-refractivity contribution in [3.8, 4) is 23.1 Å². The number of fused-ring (bicyclic) bond motifs is 1. The summed E-state index contributed by atoms with van der Waals surface area (Å²) in [5, 5.41) is 16.7. The van der Waals surface area contributed by atoms with Crippen LogP contribution in [0.4, 0.5) is 4.39 Å². The molecule has 0 N–H and O–H groups in total. The Hall–Kier alpha value is -3.60. The molecule has 5 rings (SSSR count). The predicted octanol–water partition coefficient (Wildman–Crippen LogP) is 2.57. The van der Waals surface area contributed by atoms with Gasteiger partial charge in [0.05, 0.1) is 12.8 Å². The number of aryl methyl sites for hydroxylation is 1. The SMILES string of the molecule is CCN1CC(F)(c2ccc(COc3nn4c(-c5cc(C)on5)nnc4cc3OC)nc2)C1. The minimum absolute atomic E-state index is 0.135. The molecule has 0 radical (unpaired) electrons. The first-order chi connectivity index (χ1) is 15.5. The Morgan fingerprint density at radius 1 is 1.22 bits per heavy atom. The molecule has 1 fully saturated rings. The molecular weight excluding hydrogens is 417 g/mol. The summed E-state index contributed by atoms with van der Waals surface area (Å²) in [6.07, 6.45) is 1.57. The topological polar surface area (TPSA) is 104 Å². The van der Waals surface area contributed by atoms with Gasteiger partial charge in [0.15, 0.2) is 22.8 Å². The smallest absolute Gasteiger partial charge is 0.275 e. The van der Waals surface area contributed by atoms with Crippen molar-refractivity contribution in [3.05, 3.63) is 47.5 Å². The summed E-state index contributed by atoms with van der Waals surface area (Å²) in [4.78, 5) is 6.41. The van der Waals surface area contributed by atoms with E-state index in [1.54, 1.807) is 37.4 Å². The molecule has 4 aromatic heterocycles. The first-order valence-electron chi connectivity index (χ1n) is 10.2. The highest BCUT2D eigenvalue weighted by atomic mass is 19.1. The molecule has 1 saturated heterocycles. The molecule has 4 aromatic rings. The second-order valence-electron chi connectivity index (χ2n) is 7.73. The van der Waals surface area contributed by atoms with Gasteiger partial charge in [-0.1, -0.05) is 18.1 Å². The van der Waals surface area contributed by atoms with E-state index in [-0.39, 0.29) is 12.5 Å². The lowest BCUT2D eigenvalue weighted by Gasteiger charge is -2.44. The van der Waals surface area contributed by atoms with Crippen LogP contribution in [0.25, 0.3) is 17.2 Å². The highest BCUT2D eigenvalue weighted by molar-refractivity contribution is 5.56. The first-order valence-corrected chi connectivity index (χ1v) is 10.2. The van der Waals surface area contributed by atoms with Crippen LogP contribution >= 0.6 is 0 Å². The van der Waals surface area contributed by atoms with Crippen LogP contribution in [-0.4, -0.2) is 61.6 Å². The van der Waals surface area contributed by atoms with Crippen LogP contribution < -0.4 is 9.47 Å². The van der Waals surface area contributed by atoms with Crippen LogP contribution in [0, 0.1) is 6.92 Å². The molecule has 5 heterocycles. The zero-order valence-electron chi connectivity index (χ0n) is 17.9. The Balaban J connectivity index is 1.35. The van der Waals surface area contributed by atoms with Gasteiger partial charge in [-0.3, -0.25) is 9.88 Å². The van der Waals surface area contributed by atoms with E-state index in [0.717, 1.165) is 6.54 Å². The minimum atomic E-state index is -1.33. The van der Waals surface area contributed by atoms with Gasteiger partial charge in [0, 0.05) is 37.0 Å². The molecule has 0 unspecified atom stereocenters. The Morgan fingerprint density at radius 3 is 2.72 bits per heavy atom. The van der Waals surface area contributed by atoms with Gasteiger partial charge in [0.2, 0.25) is 5.82 Å². The van der Waals surface area contributed by atoms with Crippen LogP contribution in [0.3, 0.4) is 0 Å². The molecule has 0 aromatic carbocycles. The fraction of sp³-hybridized carbons (Fsp3) is 0.381. The summed E-state index contributed by atoms with van der Waals surface area (Å²) in [6.45, 7) is 5.58. The monoisotopic (exact) mass is 439 g/mol. The number of nitrogens with zero attached hydrogens (tertiary/aromatic N) is 7. The molecule has 0 aliphatic carbocycles. The summed E-state index contributed by atoms with van der Waals surface area (Å²) in [5.41, 5.74) is 0.878. The fourth-order valence-corrected chi connectivity index (χ4v) is 3.66. The molecule has 0 amide bonds. The molecule has 0 saturated carbocycles. The molecule has 32 heavy (non-hydrogen) atoms. The number of halogens is 1. The largest absolute Gasteiger partial charge is 0.491 e. The number of alkyl halides is 1. The molecule has 1 aliphatic heterocycles. The van der Waals surface area contributed by atoms with Crippen molar-refractivity contribution in [2.24, 2.45) is 0 Å². The maximum Gasteiger partial charge on any atom is 0.275 e. The predicted molar refractivity (Wildman–Crippen MR) is 111 cm³/mol. The lowest BCUT2D eigenvalue weighted by atomic mass is 9.89. The minimum Gasteiger partial charge on any atom is -0.491 e. The standard InChI is InChI=1S/C21H22FN7O3/c1-4-28-11-21(22,12-28)14-5-6-15(23-9-14)10-31-20-17(30-3)8-18-24-25-19(29(18)26-20)16-7-13(2)32-27-16/h5-9H,4,10-12H2,1-3H3. The van der Waals surface area contributed by atoms with Crippen molar-refractivity contribution in [1.29, 1.82) is 0 Å². The molecule has 1 aliphatic rings. The number of hydrogen-bond donors (Lipinski definition) is 0. The summed E-state index contributed by atoms with van der Waals surface area (Å²) < 4.78 is 32.8. The second-order valence-corrected chi connectivity index (χ2v) is 7.73. The van der Waals surface area contributed by atoms with Gasteiger partial charge in [-0.2, -0.15) is 4.52 Å². The van der Waals surface area contributed by atoms with Gasteiger partial charge in [0.25, 0.3) is 5.88 Å². The fourth-order valence-electron chi connectivity index (χ4n) is 3.66. The average Bonchev–Trinajstić information content (AvgIpc) is 3.40. The third-order valence-electron chi connectivity index (χ3n) is 5.50. The van der Waals surface area contributed by atoms with Gasteiger partial charge >= 0.3 is 0 Å². The van der Waals surface area contributed by atoms with Crippen LogP contribution in [0.15, 0.2) is 35.0 Å². The summed E-state index contributed by atoms with van der Waals surface area (Å²) in [6, 6.07) is 6.94. The number of likely N-dealkylation sites (tertiary alicyclic amines) is 1. The van der Waals surface area contributed by atoms with Crippen LogP contribution in [0.1, 0.15) is 23.9 Å². The van der Waals surface area contributed by atoms with Gasteiger partial charge < -0.3 is 14.0 Å². The molecule has 10 nitrogen and oxygen atoms in total. The molecule has 11 heteroatoms. The van der Waals surface area contributed by atoms with Crippen molar-refractivity contribution in [1.82, 2.24) is 34.9 Å². The number of aromatic nitrogens is 6. The van der Waals surface area contributed by atoms with Gasteiger partial charge in [-0.25, -0.2) is 4.39 Å². The van der Waals surface area contributed by atoms with E-state index >= 15 is 0 Å². The van der Waals surface area contributed by atoms with Crippen molar-refractivity contribution >= 4 is 5.65 Å². The number of rotatable bonds is 7. The van der Waals surface area contributed by atoms with E-state index < -0.39 is 5.67 Å². The van der Waals surface area contributed by atoms with E-state index in [9.17, 15) is 4.39 Å². The number of hydrogen-bond acceptors (Lipinski definition) is 9. The van der Waals surface area contributed by atoms with Gasteiger partial charge in [-0.15, -0.1) is 15.3 Å². The molecule has 0 spiro atoms. The Kier molecular flexibility index (Phi) is 4.97. The first kappa shape index (κ1) is 20.3. The summed E-state index contributed by atoms with van der Waals surface area (Å²) >= 11 is 0. The molecular formula is C21H22FN7O3. The van der Waals surface area contributed by atoms with Gasteiger partial charge in [0.1, 0.15) is 12.4 Å². The summed E-state index contributed by atoms with van der Waals surface area (Å²) in [5.74, 6) is 1.71. The second kappa shape index (κ2) is 7.83. The van der Waals surface area contributed by atoms with Crippen molar-refractivity contribution in [3.63, 3.8) is 0 Å². The van der Waals surface area contributed by atoms with E-state index in [1.807, 2.05) is 11.8 Å². The molecule has 0 bridgehead atoms. The van der Waals surface area contributed by atoms with Gasteiger partial charge in [-0.05, 0) is 19.5 Å².